The molecule has 0 unspecified atom stereocenters. The van der Waals surface area contributed by atoms with Crippen LogP contribution < -0.4 is 5.56 Å². The van der Waals surface area contributed by atoms with E-state index in [9.17, 15) is 4.79 Å². The molecule has 1 saturated carbocycles. The lowest BCUT2D eigenvalue weighted by atomic mass is 10.2. The third kappa shape index (κ3) is 1.07. The van der Waals surface area contributed by atoms with Crippen LogP contribution in [0.5, 0.6) is 0 Å². The summed E-state index contributed by atoms with van der Waals surface area (Å²) < 4.78 is 2.17. The highest BCUT2D eigenvalue weighted by atomic mass is 16.1. The minimum atomic E-state index is -0.0735. The van der Waals surface area contributed by atoms with Gasteiger partial charge in [0, 0.05) is 17.1 Å². The fourth-order valence-electron chi connectivity index (χ4n) is 2.24. The molecule has 1 aliphatic rings. The molecule has 2 aromatic heterocycles. The highest BCUT2D eigenvalue weighted by molar-refractivity contribution is 5.83. The zero-order chi connectivity index (χ0) is 10.6. The van der Waals surface area contributed by atoms with Gasteiger partial charge in [0.1, 0.15) is 5.52 Å². The third-order valence-corrected chi connectivity index (χ3v) is 3.29. The molecule has 3 rings (SSSR count). The normalized spacial score (nSPS) is 16.1. The molecule has 1 fully saturated rings. The average molecular weight is 203 g/mol. The van der Waals surface area contributed by atoms with Crippen molar-refractivity contribution in [2.24, 2.45) is 0 Å². The van der Waals surface area contributed by atoms with E-state index >= 15 is 0 Å². The third-order valence-electron chi connectivity index (χ3n) is 3.29. The first-order valence-corrected chi connectivity index (χ1v) is 5.25. The number of rotatable bonds is 1. The van der Waals surface area contributed by atoms with Crippen LogP contribution in [0, 0.1) is 13.8 Å². The van der Waals surface area contributed by atoms with Gasteiger partial charge in [-0.1, -0.05) is 0 Å². The van der Waals surface area contributed by atoms with Gasteiger partial charge in [0.15, 0.2) is 0 Å². The molecule has 2 aromatic rings. The van der Waals surface area contributed by atoms with E-state index in [4.69, 9.17) is 0 Å². The summed E-state index contributed by atoms with van der Waals surface area (Å²) in [5, 5.41) is 7.36. The molecule has 78 valence electrons. The molecule has 1 aliphatic carbocycles. The van der Waals surface area contributed by atoms with Crippen molar-refractivity contribution in [2.75, 3.05) is 0 Å². The van der Waals surface area contributed by atoms with Crippen LogP contribution in [0.2, 0.25) is 0 Å². The van der Waals surface area contributed by atoms with Gasteiger partial charge in [-0.05, 0) is 32.3 Å². The van der Waals surface area contributed by atoms with Gasteiger partial charge in [0.25, 0.3) is 5.56 Å². The van der Waals surface area contributed by atoms with Crippen LogP contribution in [0.25, 0.3) is 10.9 Å². The summed E-state index contributed by atoms with van der Waals surface area (Å²) in [7, 11) is 0. The summed E-state index contributed by atoms with van der Waals surface area (Å²) in [6, 6.07) is 0.532. The lowest BCUT2D eigenvalue weighted by molar-refractivity contribution is 0.740. The molecule has 0 amide bonds. The summed E-state index contributed by atoms with van der Waals surface area (Å²) in [5.74, 6) is 0. The lowest BCUT2D eigenvalue weighted by Crippen LogP contribution is -2.12. The Kier molecular flexibility index (Phi) is 1.58. The van der Waals surface area contributed by atoms with E-state index in [1.54, 1.807) is 6.20 Å². The number of aryl methyl sites for hydroxylation is 1. The molecule has 0 bridgehead atoms. The molecule has 4 nitrogen and oxygen atoms in total. The van der Waals surface area contributed by atoms with Gasteiger partial charge in [0.2, 0.25) is 0 Å². The molecule has 0 aromatic carbocycles. The van der Waals surface area contributed by atoms with Crippen LogP contribution in [-0.2, 0) is 0 Å². The topological polar surface area (TPSA) is 50.7 Å². The largest absolute Gasteiger partial charge is 0.337 e. The second kappa shape index (κ2) is 2.72. The molecule has 0 atom stereocenters. The summed E-state index contributed by atoms with van der Waals surface area (Å²) in [6.45, 7) is 4.13. The quantitative estimate of drug-likeness (QED) is 0.766. The van der Waals surface area contributed by atoms with Crippen LogP contribution in [0.4, 0.5) is 0 Å². The maximum absolute atomic E-state index is 11.8. The number of nitrogens with zero attached hydrogens (tertiary/aromatic N) is 2. The maximum Gasteiger partial charge on any atom is 0.288 e. The van der Waals surface area contributed by atoms with Crippen molar-refractivity contribution in [3.8, 4) is 0 Å². The number of hydrogen-bond donors (Lipinski definition) is 1. The smallest absolute Gasteiger partial charge is 0.288 e. The van der Waals surface area contributed by atoms with Gasteiger partial charge in [-0.25, -0.2) is 5.10 Å². The molecule has 0 spiro atoms. The van der Waals surface area contributed by atoms with Gasteiger partial charge >= 0.3 is 0 Å². The monoisotopic (exact) mass is 203 g/mol. The predicted molar refractivity (Wildman–Crippen MR) is 58.1 cm³/mol. The SMILES string of the molecule is Cc1c(C)n(C2CC2)c2c(=O)[nH]ncc12. The fraction of sp³-hybridized carbons (Fsp3) is 0.455. The zero-order valence-electron chi connectivity index (χ0n) is 8.87. The second-order valence-corrected chi connectivity index (χ2v) is 4.27. The molecule has 4 heteroatoms. The van der Waals surface area contributed by atoms with E-state index in [1.165, 1.54) is 24.1 Å². The van der Waals surface area contributed by atoms with Crippen LogP contribution >= 0.6 is 0 Å². The van der Waals surface area contributed by atoms with E-state index in [2.05, 4.69) is 28.6 Å². The number of aromatic nitrogens is 3. The first kappa shape index (κ1) is 8.71. The fourth-order valence-corrected chi connectivity index (χ4v) is 2.24. The Balaban J connectivity index is 2.51. The van der Waals surface area contributed by atoms with E-state index in [0.717, 1.165) is 10.9 Å². The van der Waals surface area contributed by atoms with Crippen molar-refractivity contribution >= 4 is 10.9 Å². The van der Waals surface area contributed by atoms with E-state index in [-0.39, 0.29) is 5.56 Å². The van der Waals surface area contributed by atoms with Gasteiger partial charge in [0.05, 0.1) is 6.20 Å². The minimum Gasteiger partial charge on any atom is -0.337 e. The number of hydrogen-bond acceptors (Lipinski definition) is 2. The Morgan fingerprint density at radius 1 is 1.47 bits per heavy atom. The highest BCUT2D eigenvalue weighted by Crippen LogP contribution is 2.39. The molecule has 15 heavy (non-hydrogen) atoms. The van der Waals surface area contributed by atoms with Gasteiger partial charge in [-0.2, -0.15) is 5.10 Å². The van der Waals surface area contributed by atoms with Crippen molar-refractivity contribution < 1.29 is 0 Å². The number of nitrogens with one attached hydrogen (secondary N) is 1. The van der Waals surface area contributed by atoms with E-state index in [0.29, 0.717) is 6.04 Å². The molecule has 0 aliphatic heterocycles. The molecular formula is C11H13N3O. The second-order valence-electron chi connectivity index (χ2n) is 4.27. The first-order chi connectivity index (χ1) is 7.20. The highest BCUT2D eigenvalue weighted by Gasteiger charge is 2.28. The van der Waals surface area contributed by atoms with E-state index in [1.807, 2.05) is 0 Å². The van der Waals surface area contributed by atoms with Gasteiger partial charge in [-0.15, -0.1) is 0 Å². The summed E-state index contributed by atoms with van der Waals surface area (Å²) in [4.78, 5) is 11.8. The summed E-state index contributed by atoms with van der Waals surface area (Å²) >= 11 is 0. The Morgan fingerprint density at radius 3 is 2.87 bits per heavy atom. The van der Waals surface area contributed by atoms with Crippen molar-refractivity contribution in [3.05, 3.63) is 27.8 Å². The average Bonchev–Trinajstić information content (AvgIpc) is 3.00. The Bertz CT molecular complexity index is 590. The number of aromatic amines is 1. The van der Waals surface area contributed by atoms with Crippen molar-refractivity contribution in [1.29, 1.82) is 0 Å². The van der Waals surface area contributed by atoms with Crippen LogP contribution in [0.1, 0.15) is 30.1 Å². The minimum absolute atomic E-state index is 0.0735. The molecule has 1 N–H and O–H groups in total. The lowest BCUT2D eigenvalue weighted by Gasteiger charge is -2.04. The molecule has 0 saturated heterocycles. The number of fused-ring (bicyclic) bond motifs is 1. The van der Waals surface area contributed by atoms with Crippen molar-refractivity contribution in [2.45, 2.75) is 32.7 Å². The first-order valence-electron chi connectivity index (χ1n) is 5.25. The van der Waals surface area contributed by atoms with Crippen molar-refractivity contribution in [3.63, 3.8) is 0 Å². The van der Waals surface area contributed by atoms with Crippen LogP contribution in [0.3, 0.4) is 0 Å². The Morgan fingerprint density at radius 2 is 2.20 bits per heavy atom. The summed E-state index contributed by atoms with van der Waals surface area (Å²) in [5.41, 5.74) is 3.10. The predicted octanol–water partition coefficient (Wildman–Crippen LogP) is 1.68. The Hall–Kier alpha value is -1.58. The molecular weight excluding hydrogens is 190 g/mol. The Labute approximate surface area is 86.9 Å². The number of H-pyrrole nitrogens is 1. The van der Waals surface area contributed by atoms with E-state index < -0.39 is 0 Å². The zero-order valence-corrected chi connectivity index (χ0v) is 8.87. The van der Waals surface area contributed by atoms with Crippen LogP contribution in [0.15, 0.2) is 11.0 Å². The standard InChI is InChI=1S/C11H13N3O/c1-6-7(2)14(8-3-4-8)10-9(6)5-12-13-11(10)15/h5,8H,3-4H2,1-2H3,(H,13,15). The van der Waals surface area contributed by atoms with Gasteiger partial charge < -0.3 is 4.57 Å². The van der Waals surface area contributed by atoms with Gasteiger partial charge in [-0.3, -0.25) is 4.79 Å². The maximum atomic E-state index is 11.8. The van der Waals surface area contributed by atoms with Crippen molar-refractivity contribution in [1.82, 2.24) is 14.8 Å². The molecule has 2 heterocycles. The molecule has 0 radical (unpaired) electrons. The van der Waals surface area contributed by atoms with Crippen LogP contribution in [-0.4, -0.2) is 14.8 Å². The summed E-state index contributed by atoms with van der Waals surface area (Å²) in [6.07, 6.45) is 4.12.